The van der Waals surface area contributed by atoms with Crippen molar-refractivity contribution in [3.63, 3.8) is 0 Å². The third-order valence-electron chi connectivity index (χ3n) is 3.10. The molecule has 0 saturated heterocycles. The largest absolute Gasteiger partial charge is 0.365 e. The minimum atomic E-state index is 0.641. The number of nitrogens with one attached hydrogen (secondary N) is 2. The molecule has 0 aliphatic heterocycles. The number of rotatable bonds is 6. The van der Waals surface area contributed by atoms with Crippen molar-refractivity contribution in [1.82, 2.24) is 9.97 Å². The van der Waals surface area contributed by atoms with Crippen LogP contribution in [0.1, 0.15) is 36.3 Å². The zero-order chi connectivity index (χ0) is 13.1. The number of hydrogen-bond donors (Lipinski definition) is 2. The van der Waals surface area contributed by atoms with Gasteiger partial charge in [-0.25, -0.2) is 4.98 Å². The van der Waals surface area contributed by atoms with E-state index in [0.717, 1.165) is 24.9 Å². The van der Waals surface area contributed by atoms with Crippen LogP contribution in [0.4, 0.5) is 11.8 Å². The molecule has 100 valence electrons. The highest BCUT2D eigenvalue weighted by Crippen LogP contribution is 2.39. The molecule has 0 atom stereocenters. The Morgan fingerprint density at radius 1 is 1.32 bits per heavy atom. The van der Waals surface area contributed by atoms with E-state index in [2.05, 4.69) is 51.1 Å². The van der Waals surface area contributed by atoms with Crippen molar-refractivity contribution in [3.8, 4) is 0 Å². The molecule has 1 saturated carbocycles. The van der Waals surface area contributed by atoms with E-state index in [1.54, 1.807) is 11.3 Å². The van der Waals surface area contributed by atoms with E-state index in [1.165, 1.54) is 23.4 Å². The highest BCUT2D eigenvalue weighted by Gasteiger charge is 2.26. The lowest BCUT2D eigenvalue weighted by atomic mass is 10.3. The molecular weight excluding hydrogens is 256 g/mol. The molecule has 2 aromatic rings. The summed E-state index contributed by atoms with van der Waals surface area (Å²) < 4.78 is 0. The molecule has 0 bridgehead atoms. The Morgan fingerprint density at radius 3 is 2.89 bits per heavy atom. The fraction of sp³-hybridized carbons (Fsp3) is 0.429. The summed E-state index contributed by atoms with van der Waals surface area (Å²) in [4.78, 5) is 10.4. The van der Waals surface area contributed by atoms with Crippen molar-refractivity contribution < 1.29 is 0 Å². The number of nitrogens with zero attached hydrogens (tertiary/aromatic N) is 2. The van der Waals surface area contributed by atoms with Gasteiger partial charge in [-0.05, 0) is 31.2 Å². The Hall–Kier alpha value is -1.62. The molecule has 5 heteroatoms. The second-order valence-electron chi connectivity index (χ2n) is 4.74. The lowest BCUT2D eigenvalue weighted by molar-refractivity contribution is 0.968. The maximum Gasteiger partial charge on any atom is 0.224 e. The van der Waals surface area contributed by atoms with E-state index < -0.39 is 0 Å². The van der Waals surface area contributed by atoms with Gasteiger partial charge in [-0.15, -0.1) is 11.3 Å². The molecule has 19 heavy (non-hydrogen) atoms. The van der Waals surface area contributed by atoms with E-state index in [4.69, 9.17) is 0 Å². The molecule has 1 aliphatic rings. The SMILES string of the molecule is CCNc1nc(NCc2cccs2)cc(C2CC2)n1. The summed E-state index contributed by atoms with van der Waals surface area (Å²) in [5, 5.41) is 8.69. The molecule has 2 N–H and O–H groups in total. The van der Waals surface area contributed by atoms with Gasteiger partial charge in [0.05, 0.1) is 12.2 Å². The first-order valence-electron chi connectivity index (χ1n) is 6.74. The van der Waals surface area contributed by atoms with Gasteiger partial charge in [0.25, 0.3) is 0 Å². The average molecular weight is 274 g/mol. The average Bonchev–Trinajstić information content (AvgIpc) is 3.14. The van der Waals surface area contributed by atoms with Gasteiger partial charge in [0.15, 0.2) is 0 Å². The summed E-state index contributed by atoms with van der Waals surface area (Å²) in [6.07, 6.45) is 2.51. The summed E-state index contributed by atoms with van der Waals surface area (Å²) in [5.41, 5.74) is 1.17. The molecule has 0 unspecified atom stereocenters. The Bertz CT molecular complexity index is 534. The van der Waals surface area contributed by atoms with Gasteiger partial charge in [0.2, 0.25) is 5.95 Å². The smallest absolute Gasteiger partial charge is 0.224 e. The Labute approximate surface area is 117 Å². The van der Waals surface area contributed by atoms with Crippen LogP contribution in [0.3, 0.4) is 0 Å². The quantitative estimate of drug-likeness (QED) is 0.847. The summed E-state index contributed by atoms with van der Waals surface area (Å²) in [6.45, 7) is 3.73. The van der Waals surface area contributed by atoms with Crippen LogP contribution in [0.5, 0.6) is 0 Å². The van der Waals surface area contributed by atoms with Crippen molar-refractivity contribution in [3.05, 3.63) is 34.2 Å². The highest BCUT2D eigenvalue weighted by atomic mass is 32.1. The zero-order valence-electron chi connectivity index (χ0n) is 11.0. The Kier molecular flexibility index (Phi) is 3.64. The molecular formula is C14H18N4S. The molecule has 1 fully saturated rings. The van der Waals surface area contributed by atoms with Crippen LogP contribution in [0, 0.1) is 0 Å². The minimum Gasteiger partial charge on any atom is -0.365 e. The first kappa shape index (κ1) is 12.4. The topological polar surface area (TPSA) is 49.8 Å². The van der Waals surface area contributed by atoms with Crippen LogP contribution in [0.25, 0.3) is 0 Å². The monoisotopic (exact) mass is 274 g/mol. The molecule has 0 amide bonds. The fourth-order valence-corrected chi connectivity index (χ4v) is 2.62. The summed E-state index contributed by atoms with van der Waals surface area (Å²) in [6, 6.07) is 6.29. The summed E-state index contributed by atoms with van der Waals surface area (Å²) >= 11 is 1.76. The fourth-order valence-electron chi connectivity index (χ4n) is 1.97. The number of hydrogen-bond acceptors (Lipinski definition) is 5. The zero-order valence-corrected chi connectivity index (χ0v) is 11.8. The van der Waals surface area contributed by atoms with E-state index in [0.29, 0.717) is 5.92 Å². The highest BCUT2D eigenvalue weighted by molar-refractivity contribution is 7.09. The van der Waals surface area contributed by atoms with Crippen LogP contribution in [0.15, 0.2) is 23.6 Å². The van der Waals surface area contributed by atoms with Crippen molar-refractivity contribution in [2.45, 2.75) is 32.2 Å². The third-order valence-corrected chi connectivity index (χ3v) is 3.98. The minimum absolute atomic E-state index is 0.641. The first-order chi connectivity index (χ1) is 9.35. The van der Waals surface area contributed by atoms with Crippen LogP contribution >= 0.6 is 11.3 Å². The summed E-state index contributed by atoms with van der Waals surface area (Å²) in [5.74, 6) is 2.30. The van der Waals surface area contributed by atoms with E-state index in [-0.39, 0.29) is 0 Å². The molecule has 1 aliphatic carbocycles. The van der Waals surface area contributed by atoms with Crippen LogP contribution in [-0.2, 0) is 6.54 Å². The predicted octanol–water partition coefficient (Wildman–Crippen LogP) is 3.46. The predicted molar refractivity (Wildman–Crippen MR) is 79.8 cm³/mol. The lowest BCUT2D eigenvalue weighted by Gasteiger charge is -2.09. The van der Waals surface area contributed by atoms with Crippen LogP contribution in [-0.4, -0.2) is 16.5 Å². The van der Waals surface area contributed by atoms with E-state index in [1.807, 2.05) is 0 Å². The van der Waals surface area contributed by atoms with E-state index >= 15 is 0 Å². The normalized spacial score (nSPS) is 14.4. The molecule has 0 spiro atoms. The maximum absolute atomic E-state index is 4.57. The molecule has 3 rings (SSSR count). The van der Waals surface area contributed by atoms with Gasteiger partial charge in [-0.3, -0.25) is 0 Å². The van der Waals surface area contributed by atoms with Gasteiger partial charge < -0.3 is 10.6 Å². The molecule has 2 aromatic heterocycles. The Morgan fingerprint density at radius 2 is 2.21 bits per heavy atom. The summed E-state index contributed by atoms with van der Waals surface area (Å²) in [7, 11) is 0. The lowest BCUT2D eigenvalue weighted by Crippen LogP contribution is -2.07. The molecule has 0 radical (unpaired) electrons. The third kappa shape index (κ3) is 3.23. The second-order valence-corrected chi connectivity index (χ2v) is 5.77. The standard InChI is InChI=1S/C14H18N4S/c1-2-15-14-17-12(10-5-6-10)8-13(18-14)16-9-11-4-3-7-19-11/h3-4,7-8,10H,2,5-6,9H2,1H3,(H2,15,16,17,18). The molecule has 0 aromatic carbocycles. The van der Waals surface area contributed by atoms with Gasteiger partial charge in [-0.2, -0.15) is 4.98 Å². The first-order valence-corrected chi connectivity index (χ1v) is 7.62. The maximum atomic E-state index is 4.57. The van der Waals surface area contributed by atoms with Gasteiger partial charge in [0.1, 0.15) is 5.82 Å². The second kappa shape index (κ2) is 5.57. The Balaban J connectivity index is 1.74. The van der Waals surface area contributed by atoms with Crippen LogP contribution in [0.2, 0.25) is 0 Å². The van der Waals surface area contributed by atoms with Gasteiger partial charge >= 0.3 is 0 Å². The number of thiophene rings is 1. The van der Waals surface area contributed by atoms with Crippen molar-refractivity contribution >= 4 is 23.1 Å². The molecule has 4 nitrogen and oxygen atoms in total. The van der Waals surface area contributed by atoms with Crippen molar-refractivity contribution in [2.24, 2.45) is 0 Å². The van der Waals surface area contributed by atoms with Gasteiger partial charge in [0, 0.05) is 23.4 Å². The molecule has 2 heterocycles. The van der Waals surface area contributed by atoms with Crippen LogP contribution < -0.4 is 10.6 Å². The number of anilines is 2. The van der Waals surface area contributed by atoms with Crippen molar-refractivity contribution in [1.29, 1.82) is 0 Å². The van der Waals surface area contributed by atoms with E-state index in [9.17, 15) is 0 Å². The van der Waals surface area contributed by atoms with Gasteiger partial charge in [-0.1, -0.05) is 6.07 Å². The number of aromatic nitrogens is 2. The van der Waals surface area contributed by atoms with Crippen molar-refractivity contribution in [2.75, 3.05) is 17.2 Å².